The van der Waals surface area contributed by atoms with Gasteiger partial charge in [0, 0.05) is 17.7 Å². The van der Waals surface area contributed by atoms with Crippen LogP contribution in [-0.4, -0.2) is 56.6 Å². The van der Waals surface area contributed by atoms with Gasteiger partial charge in [-0.3, -0.25) is 14.9 Å². The lowest BCUT2D eigenvalue weighted by atomic mass is 10.1. The second-order valence-corrected chi connectivity index (χ2v) is 6.79. The van der Waals surface area contributed by atoms with Crippen molar-refractivity contribution in [1.29, 1.82) is 0 Å². The Labute approximate surface area is 196 Å². The normalized spacial score (nSPS) is 10.9. The number of rotatable bonds is 8. The van der Waals surface area contributed by atoms with Crippen LogP contribution in [0, 0.1) is 10.1 Å². The molecule has 3 N–H and O–H groups in total. The van der Waals surface area contributed by atoms with Gasteiger partial charge in [-0.05, 0) is 46.2 Å². The van der Waals surface area contributed by atoms with Crippen molar-refractivity contribution in [3.05, 3.63) is 63.8 Å². The molecule has 2 aromatic carbocycles. The first-order valence-electron chi connectivity index (χ1n) is 9.77. The number of carbonyl (C=O) groups is 1. The Bertz CT molecular complexity index is 1410. The van der Waals surface area contributed by atoms with Crippen molar-refractivity contribution in [2.24, 2.45) is 5.10 Å². The number of methoxy groups -OCH3 is 2. The van der Waals surface area contributed by atoms with Crippen molar-refractivity contribution < 1.29 is 23.8 Å². The van der Waals surface area contributed by atoms with Crippen molar-refractivity contribution in [1.82, 2.24) is 30.7 Å². The monoisotopic (exact) mass is 479 g/mol. The molecule has 0 unspecified atom stereocenters. The molecule has 0 bridgehead atoms. The number of anilines is 1. The molecule has 178 valence electrons. The Morgan fingerprint density at radius 2 is 1.91 bits per heavy atom. The number of nitro benzene ring substituents is 1. The number of ether oxygens (including phenoxy) is 2. The number of hydrogen-bond acceptors (Lipinski definition) is 12. The van der Waals surface area contributed by atoms with Gasteiger partial charge in [0.1, 0.15) is 5.69 Å². The van der Waals surface area contributed by atoms with Crippen molar-refractivity contribution in [3.63, 3.8) is 0 Å². The zero-order chi connectivity index (χ0) is 24.9. The predicted octanol–water partition coefficient (Wildman–Crippen LogP) is 1.59. The summed E-state index contributed by atoms with van der Waals surface area (Å²) in [6.45, 7) is 0. The molecular weight excluding hydrogens is 462 g/mol. The number of nitrogens with two attached hydrogens (primary N) is 1. The first kappa shape index (κ1) is 22.8. The van der Waals surface area contributed by atoms with E-state index >= 15 is 0 Å². The molecule has 0 aliphatic carbocycles. The summed E-state index contributed by atoms with van der Waals surface area (Å²) < 4.78 is 16.2. The molecule has 35 heavy (non-hydrogen) atoms. The van der Waals surface area contributed by atoms with Crippen molar-refractivity contribution in [2.75, 3.05) is 20.0 Å². The fourth-order valence-corrected chi connectivity index (χ4v) is 3.07. The van der Waals surface area contributed by atoms with E-state index in [9.17, 15) is 14.9 Å². The van der Waals surface area contributed by atoms with E-state index in [4.69, 9.17) is 15.2 Å². The van der Waals surface area contributed by atoms with Crippen LogP contribution in [0.2, 0.25) is 0 Å². The SMILES string of the molecule is COc1ccc(C=NNC(=O)c2nnn(-c3nonc3N)c2-c2ccc([N+](=O)[O-])cc2)cc1OC. The molecule has 0 aliphatic rings. The van der Waals surface area contributed by atoms with Crippen molar-refractivity contribution >= 4 is 23.6 Å². The molecular formula is C20H17N9O6. The van der Waals surface area contributed by atoms with Crippen LogP contribution in [0.5, 0.6) is 11.5 Å². The first-order valence-corrected chi connectivity index (χ1v) is 9.77. The third-order valence-corrected chi connectivity index (χ3v) is 4.72. The van der Waals surface area contributed by atoms with Gasteiger partial charge in [-0.1, -0.05) is 5.21 Å². The van der Waals surface area contributed by atoms with E-state index in [1.807, 2.05) is 0 Å². The minimum Gasteiger partial charge on any atom is -0.493 e. The Morgan fingerprint density at radius 3 is 2.54 bits per heavy atom. The summed E-state index contributed by atoms with van der Waals surface area (Å²) in [5.41, 5.74) is 8.99. The summed E-state index contributed by atoms with van der Waals surface area (Å²) in [4.78, 5) is 23.4. The molecule has 15 nitrogen and oxygen atoms in total. The van der Waals surface area contributed by atoms with Crippen molar-refractivity contribution in [3.8, 4) is 28.6 Å². The number of nitrogens with zero attached hydrogens (tertiary/aromatic N) is 7. The maximum atomic E-state index is 12.9. The van der Waals surface area contributed by atoms with Gasteiger partial charge < -0.3 is 15.2 Å². The van der Waals surface area contributed by atoms with Crippen LogP contribution >= 0.6 is 0 Å². The number of aromatic nitrogens is 5. The fourth-order valence-electron chi connectivity index (χ4n) is 3.07. The van der Waals surface area contributed by atoms with Crippen LogP contribution in [0.25, 0.3) is 17.1 Å². The molecule has 0 fully saturated rings. The van der Waals surface area contributed by atoms with Gasteiger partial charge >= 0.3 is 0 Å². The minimum absolute atomic E-state index is 0.0151. The molecule has 0 radical (unpaired) electrons. The predicted molar refractivity (Wildman–Crippen MR) is 120 cm³/mol. The second kappa shape index (κ2) is 9.65. The topological polar surface area (TPSA) is 199 Å². The molecule has 4 aromatic rings. The second-order valence-electron chi connectivity index (χ2n) is 6.79. The summed E-state index contributed by atoms with van der Waals surface area (Å²) in [5, 5.41) is 30.0. The molecule has 2 heterocycles. The van der Waals surface area contributed by atoms with Gasteiger partial charge in [0.25, 0.3) is 11.6 Å². The van der Waals surface area contributed by atoms with Gasteiger partial charge in [-0.15, -0.1) is 5.10 Å². The zero-order valence-electron chi connectivity index (χ0n) is 18.3. The smallest absolute Gasteiger partial charge is 0.294 e. The highest BCUT2D eigenvalue weighted by Gasteiger charge is 2.25. The Hall–Kier alpha value is -5.34. The zero-order valence-corrected chi connectivity index (χ0v) is 18.3. The Kier molecular flexibility index (Phi) is 6.30. The number of nitrogen functional groups attached to an aromatic ring is 1. The van der Waals surface area contributed by atoms with Crippen molar-refractivity contribution in [2.45, 2.75) is 0 Å². The van der Waals surface area contributed by atoms with E-state index in [0.717, 1.165) is 4.68 Å². The summed E-state index contributed by atoms with van der Waals surface area (Å²) >= 11 is 0. The number of nitro groups is 1. The average molecular weight is 479 g/mol. The quantitative estimate of drug-likeness (QED) is 0.211. The lowest BCUT2D eigenvalue weighted by Crippen LogP contribution is -2.19. The number of hydrazone groups is 1. The van der Waals surface area contributed by atoms with E-state index in [2.05, 4.69) is 35.8 Å². The highest BCUT2D eigenvalue weighted by atomic mass is 16.6. The summed E-state index contributed by atoms with van der Waals surface area (Å²) in [6, 6.07) is 10.5. The molecule has 4 rings (SSSR count). The highest BCUT2D eigenvalue weighted by Crippen LogP contribution is 2.28. The van der Waals surface area contributed by atoms with Crippen LogP contribution in [0.3, 0.4) is 0 Å². The van der Waals surface area contributed by atoms with E-state index in [-0.39, 0.29) is 28.7 Å². The number of nitrogens with one attached hydrogen (secondary N) is 1. The first-order chi connectivity index (χ1) is 16.9. The molecule has 0 saturated carbocycles. The molecule has 0 atom stereocenters. The van der Waals surface area contributed by atoms with Gasteiger partial charge in [-0.2, -0.15) is 9.78 Å². The Balaban J connectivity index is 1.66. The minimum atomic E-state index is -0.712. The molecule has 0 aliphatic heterocycles. The average Bonchev–Trinajstić information content (AvgIpc) is 3.49. The third kappa shape index (κ3) is 4.58. The summed E-state index contributed by atoms with van der Waals surface area (Å²) in [7, 11) is 3.02. The standard InChI is InChI=1S/C20H17N9O6/c1-33-14-8-3-11(9-15(14)34-2)10-22-24-20(30)16-17(12-4-6-13(7-5-12)29(31)32)28(27-23-16)19-18(21)25-35-26-19/h3-10H,1-2H3,(H2,21,25)(H,24,30). The van der Waals surface area contributed by atoms with E-state index in [0.29, 0.717) is 22.6 Å². The maximum absolute atomic E-state index is 12.9. The van der Waals surface area contributed by atoms with E-state index in [1.54, 1.807) is 18.2 Å². The van der Waals surface area contributed by atoms with Gasteiger partial charge in [0.15, 0.2) is 17.2 Å². The van der Waals surface area contributed by atoms with Crippen LogP contribution < -0.4 is 20.6 Å². The van der Waals surface area contributed by atoms with Crippen LogP contribution in [0.1, 0.15) is 16.1 Å². The third-order valence-electron chi connectivity index (χ3n) is 4.72. The number of hydrogen-bond donors (Lipinski definition) is 2. The molecule has 0 saturated heterocycles. The summed E-state index contributed by atoms with van der Waals surface area (Å²) in [6.07, 6.45) is 1.40. The lowest BCUT2D eigenvalue weighted by molar-refractivity contribution is -0.384. The Morgan fingerprint density at radius 1 is 1.17 bits per heavy atom. The molecule has 2 aromatic heterocycles. The number of non-ortho nitro benzene ring substituents is 1. The van der Waals surface area contributed by atoms with Gasteiger partial charge in [-0.25, -0.2) is 10.1 Å². The largest absolute Gasteiger partial charge is 0.493 e. The van der Waals surface area contributed by atoms with Crippen LogP contribution in [0.15, 0.2) is 52.2 Å². The number of benzene rings is 2. The van der Waals surface area contributed by atoms with E-state index in [1.165, 1.54) is 44.7 Å². The van der Waals surface area contributed by atoms with Crippen LogP contribution in [-0.2, 0) is 0 Å². The molecule has 0 spiro atoms. The van der Waals surface area contributed by atoms with Crippen LogP contribution in [0.4, 0.5) is 11.5 Å². The van der Waals surface area contributed by atoms with E-state index < -0.39 is 10.8 Å². The molecule has 15 heteroatoms. The number of amides is 1. The highest BCUT2D eigenvalue weighted by molar-refractivity contribution is 5.99. The van der Waals surface area contributed by atoms with Gasteiger partial charge in [0.05, 0.1) is 25.4 Å². The number of carbonyl (C=O) groups excluding carboxylic acids is 1. The molecule has 1 amide bonds. The maximum Gasteiger partial charge on any atom is 0.294 e. The summed E-state index contributed by atoms with van der Waals surface area (Å²) in [5.74, 6) is 0.205. The van der Waals surface area contributed by atoms with Gasteiger partial charge in [0.2, 0.25) is 11.6 Å². The fraction of sp³-hybridized carbons (Fsp3) is 0.100. The lowest BCUT2D eigenvalue weighted by Gasteiger charge is -2.07.